The zero-order valence-electron chi connectivity index (χ0n) is 10.3. The summed E-state index contributed by atoms with van der Waals surface area (Å²) < 4.78 is 4.65. The maximum Gasteiger partial charge on any atom is 0.308 e. The van der Waals surface area contributed by atoms with E-state index < -0.39 is 0 Å². The van der Waals surface area contributed by atoms with Gasteiger partial charge in [0.05, 0.1) is 13.0 Å². The first-order valence-electron chi connectivity index (χ1n) is 6.06. The molecule has 1 aliphatic rings. The molecule has 1 fully saturated rings. The molecule has 0 aromatic heterocycles. The second-order valence-corrected chi connectivity index (χ2v) is 4.19. The van der Waals surface area contributed by atoms with Crippen LogP contribution in [0.15, 0.2) is 30.3 Å². The Kier molecular flexibility index (Phi) is 6.15. The number of phenols is 1. The Morgan fingerprint density at radius 2 is 1.76 bits per heavy atom. The minimum atomic E-state index is -0.0142. The molecule has 3 nitrogen and oxygen atoms in total. The van der Waals surface area contributed by atoms with E-state index in [9.17, 15) is 4.79 Å². The lowest BCUT2D eigenvalue weighted by Gasteiger charge is -2.18. The summed E-state index contributed by atoms with van der Waals surface area (Å²) >= 11 is 0. The first kappa shape index (κ1) is 13.6. The molecule has 0 unspecified atom stereocenters. The SMILES string of the molecule is COC(=O)C1CCCCC1.Oc1ccccc1. The number of aromatic hydroxyl groups is 1. The summed E-state index contributed by atoms with van der Waals surface area (Å²) in [5, 5.41) is 8.63. The zero-order chi connectivity index (χ0) is 12.5. The van der Waals surface area contributed by atoms with Gasteiger partial charge in [0, 0.05) is 0 Å². The van der Waals surface area contributed by atoms with E-state index in [1.54, 1.807) is 24.3 Å². The fourth-order valence-electron chi connectivity index (χ4n) is 1.93. The second-order valence-electron chi connectivity index (χ2n) is 4.19. The summed E-state index contributed by atoms with van der Waals surface area (Å²) in [6.07, 6.45) is 5.74. The Morgan fingerprint density at radius 3 is 2.18 bits per heavy atom. The highest BCUT2D eigenvalue weighted by Crippen LogP contribution is 2.24. The van der Waals surface area contributed by atoms with Crippen LogP contribution in [0.4, 0.5) is 0 Å². The third-order valence-corrected chi connectivity index (χ3v) is 2.90. The lowest BCUT2D eigenvalue weighted by atomic mass is 9.89. The van der Waals surface area contributed by atoms with Crippen LogP contribution < -0.4 is 0 Å². The van der Waals surface area contributed by atoms with Crippen LogP contribution >= 0.6 is 0 Å². The highest BCUT2D eigenvalue weighted by molar-refractivity contribution is 5.72. The van der Waals surface area contributed by atoms with Crippen LogP contribution in [-0.2, 0) is 9.53 Å². The third-order valence-electron chi connectivity index (χ3n) is 2.90. The maximum absolute atomic E-state index is 10.9. The van der Waals surface area contributed by atoms with Crippen LogP contribution in [0.1, 0.15) is 32.1 Å². The molecule has 0 bridgehead atoms. The van der Waals surface area contributed by atoms with Gasteiger partial charge in [-0.2, -0.15) is 0 Å². The number of carbonyl (C=O) groups is 1. The molecule has 1 N–H and O–H groups in total. The fourth-order valence-corrected chi connectivity index (χ4v) is 1.93. The summed E-state index contributed by atoms with van der Waals surface area (Å²) in [7, 11) is 1.47. The molecule has 3 heteroatoms. The summed E-state index contributed by atoms with van der Waals surface area (Å²) in [5.74, 6) is 0.515. The molecule has 17 heavy (non-hydrogen) atoms. The van der Waals surface area contributed by atoms with Gasteiger partial charge < -0.3 is 9.84 Å². The van der Waals surface area contributed by atoms with Gasteiger partial charge in [0.25, 0.3) is 0 Å². The van der Waals surface area contributed by atoms with Crippen molar-refractivity contribution in [2.24, 2.45) is 5.92 Å². The van der Waals surface area contributed by atoms with Crippen molar-refractivity contribution in [1.82, 2.24) is 0 Å². The molecule has 1 aromatic rings. The summed E-state index contributed by atoms with van der Waals surface area (Å²) in [4.78, 5) is 10.9. The van der Waals surface area contributed by atoms with Gasteiger partial charge in [0.1, 0.15) is 5.75 Å². The van der Waals surface area contributed by atoms with Crippen molar-refractivity contribution in [1.29, 1.82) is 0 Å². The summed E-state index contributed by atoms with van der Waals surface area (Å²) in [6.45, 7) is 0. The lowest BCUT2D eigenvalue weighted by molar-refractivity contribution is -0.146. The number of hydrogen-bond acceptors (Lipinski definition) is 3. The number of para-hydroxylation sites is 1. The van der Waals surface area contributed by atoms with Gasteiger partial charge in [-0.25, -0.2) is 0 Å². The van der Waals surface area contributed by atoms with Crippen LogP contribution in [0, 0.1) is 5.92 Å². The minimum Gasteiger partial charge on any atom is -0.508 e. The van der Waals surface area contributed by atoms with Crippen LogP contribution in [0.5, 0.6) is 5.75 Å². The molecule has 0 spiro atoms. The predicted octanol–water partition coefficient (Wildman–Crippen LogP) is 3.13. The molecule has 1 aliphatic carbocycles. The number of ether oxygens (including phenoxy) is 1. The largest absolute Gasteiger partial charge is 0.508 e. The average molecular weight is 236 g/mol. The number of phenolic OH excluding ortho intramolecular Hbond substituents is 1. The molecule has 0 heterocycles. The van der Waals surface area contributed by atoms with Crippen molar-refractivity contribution >= 4 is 5.97 Å². The molecule has 2 rings (SSSR count). The standard InChI is InChI=1S/C8H14O2.C6H6O/c1-10-8(9)7-5-3-2-4-6-7;7-6-4-2-1-3-5-6/h7H,2-6H2,1H3;1-5,7H. The summed E-state index contributed by atoms with van der Waals surface area (Å²) in [5.41, 5.74) is 0. The average Bonchev–Trinajstić information content (AvgIpc) is 2.40. The Labute approximate surface area is 102 Å². The smallest absolute Gasteiger partial charge is 0.308 e. The van der Waals surface area contributed by atoms with Crippen molar-refractivity contribution in [3.63, 3.8) is 0 Å². The Bertz CT molecular complexity index is 315. The van der Waals surface area contributed by atoms with Crippen molar-refractivity contribution in [2.45, 2.75) is 32.1 Å². The molecular weight excluding hydrogens is 216 g/mol. The van der Waals surface area contributed by atoms with E-state index in [0.717, 1.165) is 12.8 Å². The monoisotopic (exact) mass is 236 g/mol. The van der Waals surface area contributed by atoms with Gasteiger partial charge in [-0.05, 0) is 25.0 Å². The van der Waals surface area contributed by atoms with E-state index in [1.807, 2.05) is 6.07 Å². The molecule has 0 amide bonds. The Morgan fingerprint density at radius 1 is 1.18 bits per heavy atom. The van der Waals surface area contributed by atoms with E-state index in [0.29, 0.717) is 5.75 Å². The highest BCUT2D eigenvalue weighted by atomic mass is 16.5. The predicted molar refractivity (Wildman–Crippen MR) is 66.7 cm³/mol. The number of benzene rings is 1. The van der Waals surface area contributed by atoms with Crippen molar-refractivity contribution in [2.75, 3.05) is 7.11 Å². The molecule has 0 saturated heterocycles. The topological polar surface area (TPSA) is 46.5 Å². The fraction of sp³-hybridized carbons (Fsp3) is 0.500. The number of carbonyl (C=O) groups excluding carboxylic acids is 1. The highest BCUT2D eigenvalue weighted by Gasteiger charge is 2.20. The van der Waals surface area contributed by atoms with Gasteiger partial charge in [-0.15, -0.1) is 0 Å². The first-order valence-corrected chi connectivity index (χ1v) is 6.06. The van der Waals surface area contributed by atoms with E-state index in [1.165, 1.54) is 26.4 Å². The normalized spacial score (nSPS) is 15.6. The third kappa shape index (κ3) is 5.38. The summed E-state index contributed by atoms with van der Waals surface area (Å²) in [6, 6.07) is 8.71. The van der Waals surface area contributed by atoms with E-state index >= 15 is 0 Å². The molecule has 1 saturated carbocycles. The van der Waals surface area contributed by atoms with Crippen LogP contribution in [0.25, 0.3) is 0 Å². The van der Waals surface area contributed by atoms with Gasteiger partial charge in [-0.1, -0.05) is 37.5 Å². The van der Waals surface area contributed by atoms with Gasteiger partial charge in [0.2, 0.25) is 0 Å². The second kappa shape index (κ2) is 7.71. The molecule has 0 radical (unpaired) electrons. The quantitative estimate of drug-likeness (QED) is 0.762. The van der Waals surface area contributed by atoms with Gasteiger partial charge in [0.15, 0.2) is 0 Å². The van der Waals surface area contributed by atoms with Gasteiger partial charge >= 0.3 is 5.97 Å². The van der Waals surface area contributed by atoms with E-state index in [2.05, 4.69) is 4.74 Å². The first-order chi connectivity index (χ1) is 8.24. The molecular formula is C14H20O3. The molecule has 94 valence electrons. The zero-order valence-corrected chi connectivity index (χ0v) is 10.3. The van der Waals surface area contributed by atoms with Gasteiger partial charge in [-0.3, -0.25) is 4.79 Å². The van der Waals surface area contributed by atoms with Crippen LogP contribution in [-0.4, -0.2) is 18.2 Å². The molecule has 1 aromatic carbocycles. The van der Waals surface area contributed by atoms with Crippen molar-refractivity contribution < 1.29 is 14.6 Å². The number of methoxy groups -OCH3 is 1. The Balaban J connectivity index is 0.000000181. The van der Waals surface area contributed by atoms with Crippen molar-refractivity contribution in [3.8, 4) is 5.75 Å². The number of esters is 1. The number of rotatable bonds is 1. The lowest BCUT2D eigenvalue weighted by Crippen LogP contribution is -2.18. The maximum atomic E-state index is 10.9. The molecule has 0 aliphatic heterocycles. The molecule has 0 atom stereocenters. The van der Waals surface area contributed by atoms with E-state index in [4.69, 9.17) is 5.11 Å². The van der Waals surface area contributed by atoms with Crippen LogP contribution in [0.2, 0.25) is 0 Å². The Hall–Kier alpha value is -1.51. The van der Waals surface area contributed by atoms with Crippen LogP contribution in [0.3, 0.4) is 0 Å². The minimum absolute atomic E-state index is 0.0142. The number of hydrogen-bond donors (Lipinski definition) is 1. The van der Waals surface area contributed by atoms with Crippen molar-refractivity contribution in [3.05, 3.63) is 30.3 Å². The van der Waals surface area contributed by atoms with E-state index in [-0.39, 0.29) is 11.9 Å².